The van der Waals surface area contributed by atoms with E-state index < -0.39 is 17.2 Å². The van der Waals surface area contributed by atoms with E-state index in [1.807, 2.05) is 0 Å². The van der Waals surface area contributed by atoms with E-state index in [1.54, 1.807) is 11.8 Å². The fourth-order valence-corrected chi connectivity index (χ4v) is 8.66. The molecule has 3 aliphatic heterocycles. The van der Waals surface area contributed by atoms with Gasteiger partial charge in [-0.25, -0.2) is 13.8 Å². The van der Waals surface area contributed by atoms with Crippen LogP contribution in [0.15, 0.2) is 24.3 Å². The number of halogens is 2. The van der Waals surface area contributed by atoms with Crippen LogP contribution in [-0.2, 0) is 9.47 Å². The zero-order chi connectivity index (χ0) is 35.5. The molecule has 2 aromatic carbocycles. The average molecular weight is 702 g/mol. The molecule has 1 saturated carbocycles. The van der Waals surface area contributed by atoms with Gasteiger partial charge in [-0.05, 0) is 62.7 Å². The lowest BCUT2D eigenvalue weighted by atomic mass is 9.75. The summed E-state index contributed by atoms with van der Waals surface area (Å²) in [7, 11) is 1.40. The Kier molecular flexibility index (Phi) is 8.61. The molecule has 0 amide bonds. The number of methoxy groups -OCH3 is 1. The lowest BCUT2D eigenvalue weighted by Gasteiger charge is -2.51. The van der Waals surface area contributed by atoms with Crippen LogP contribution in [0.5, 0.6) is 17.6 Å². The highest BCUT2D eigenvalue weighted by atomic mass is 19.1. The molecule has 4 aliphatic rings. The van der Waals surface area contributed by atoms with Crippen LogP contribution in [0.3, 0.4) is 0 Å². The van der Waals surface area contributed by atoms with Gasteiger partial charge < -0.3 is 34.1 Å². The van der Waals surface area contributed by atoms with E-state index in [0.717, 1.165) is 51.9 Å². The first-order valence-corrected chi connectivity index (χ1v) is 17.5. The fraction of sp³-hybridized carbons (Fsp3) is 0.500. The van der Waals surface area contributed by atoms with Gasteiger partial charge in [0.15, 0.2) is 5.82 Å². The molecule has 0 unspecified atom stereocenters. The van der Waals surface area contributed by atoms with Crippen LogP contribution in [0.1, 0.15) is 44.6 Å². The van der Waals surface area contributed by atoms with Gasteiger partial charge in [0.1, 0.15) is 39.6 Å². The molecule has 11 nitrogen and oxygen atoms in total. The SMILES string of the molecule is C#Cc1c(F)ccc2cc(O)cc(-c3nc(OC)c4c(N5CCOC[C@@](C)(O)C5)nc(OC[C@]56CCC[C@H]5N(C5COC5)CCC6)nc4c3F)c12. The van der Waals surface area contributed by atoms with Gasteiger partial charge in [-0.1, -0.05) is 18.4 Å². The van der Waals surface area contributed by atoms with Crippen molar-refractivity contribution < 1.29 is 37.9 Å². The van der Waals surface area contributed by atoms with E-state index in [9.17, 15) is 10.2 Å². The van der Waals surface area contributed by atoms with Crippen LogP contribution in [-0.4, -0.2) is 108 Å². The molecule has 2 aromatic heterocycles. The predicted molar refractivity (Wildman–Crippen MR) is 186 cm³/mol. The van der Waals surface area contributed by atoms with Crippen molar-refractivity contribution in [2.75, 3.05) is 64.7 Å². The second-order valence-electron chi connectivity index (χ2n) is 14.6. The van der Waals surface area contributed by atoms with Gasteiger partial charge in [-0.3, -0.25) is 4.90 Å². The molecule has 51 heavy (non-hydrogen) atoms. The topological polar surface area (TPSA) is 123 Å². The van der Waals surface area contributed by atoms with Crippen LogP contribution < -0.4 is 14.4 Å². The molecule has 2 N–H and O–H groups in total. The second kappa shape index (κ2) is 13.0. The molecule has 0 bridgehead atoms. The first kappa shape index (κ1) is 33.8. The second-order valence-corrected chi connectivity index (χ2v) is 14.6. The summed E-state index contributed by atoms with van der Waals surface area (Å²) in [6, 6.07) is 6.12. The number of anilines is 1. The molecular weight excluding hydrogens is 660 g/mol. The molecule has 8 rings (SSSR count). The molecule has 0 spiro atoms. The molecule has 0 radical (unpaired) electrons. The number of phenols is 1. The standard InChI is InChI=1S/C38H41F2N5O6/c1-4-25-27(39)9-8-22-15-24(46)16-26(29(22)25)32-31(40)33-30(35(41-32)48-3)34(44-13-14-49-20-37(2,47)19-44)43-36(42-33)51-21-38-10-5-7-28(38)45(12-6-11-38)23-17-50-18-23/h1,8-9,15-16,23,28,46-47H,5-7,10-14,17-21H2,2-3H3/t28-,37+,38-/m1/s1. The van der Waals surface area contributed by atoms with Crippen LogP contribution in [0.2, 0.25) is 0 Å². The molecule has 4 fully saturated rings. The molecule has 13 heteroatoms. The summed E-state index contributed by atoms with van der Waals surface area (Å²) < 4.78 is 55.8. The van der Waals surface area contributed by atoms with Crippen molar-refractivity contribution >= 4 is 27.5 Å². The number of aromatic nitrogens is 3. The quantitative estimate of drug-likeness (QED) is 0.258. The molecule has 5 heterocycles. The van der Waals surface area contributed by atoms with Gasteiger partial charge in [-0.15, -0.1) is 6.42 Å². The summed E-state index contributed by atoms with van der Waals surface area (Å²) in [5.41, 5.74) is -1.77. The van der Waals surface area contributed by atoms with E-state index >= 15 is 8.78 Å². The zero-order valence-electron chi connectivity index (χ0n) is 28.8. The van der Waals surface area contributed by atoms with Crippen LogP contribution in [0.4, 0.5) is 14.6 Å². The van der Waals surface area contributed by atoms with Crippen LogP contribution in [0.25, 0.3) is 32.9 Å². The van der Waals surface area contributed by atoms with Gasteiger partial charge in [0.05, 0.1) is 58.3 Å². The van der Waals surface area contributed by atoms with E-state index in [4.69, 9.17) is 30.4 Å². The number of rotatable bonds is 7. The lowest BCUT2D eigenvalue weighted by Crippen LogP contribution is -2.60. The summed E-state index contributed by atoms with van der Waals surface area (Å²) in [4.78, 5) is 18.5. The Balaban J connectivity index is 1.29. The number of benzene rings is 2. The van der Waals surface area contributed by atoms with E-state index in [2.05, 4.69) is 20.8 Å². The normalized spacial score (nSPS) is 25.7. The van der Waals surface area contributed by atoms with E-state index in [1.165, 1.54) is 31.4 Å². The Morgan fingerprint density at radius 2 is 1.90 bits per heavy atom. The number of phenolic OH excluding ortho intramolecular Hbond substituents is 1. The smallest absolute Gasteiger partial charge is 0.319 e. The van der Waals surface area contributed by atoms with Gasteiger partial charge >= 0.3 is 6.01 Å². The third kappa shape index (κ3) is 5.88. The van der Waals surface area contributed by atoms with Crippen molar-refractivity contribution in [2.45, 2.75) is 56.7 Å². The fourth-order valence-electron chi connectivity index (χ4n) is 8.66. The Morgan fingerprint density at radius 1 is 1.08 bits per heavy atom. The van der Waals surface area contributed by atoms with E-state index in [-0.39, 0.29) is 81.7 Å². The highest BCUT2D eigenvalue weighted by Gasteiger charge is 2.51. The summed E-state index contributed by atoms with van der Waals surface area (Å²) in [5.74, 6) is 0.914. The molecule has 4 aromatic rings. The molecular formula is C38H41F2N5O6. The maximum absolute atomic E-state index is 17.2. The monoisotopic (exact) mass is 701 g/mol. The third-order valence-electron chi connectivity index (χ3n) is 11.0. The van der Waals surface area contributed by atoms with Crippen molar-refractivity contribution in [1.29, 1.82) is 0 Å². The van der Waals surface area contributed by atoms with Gasteiger partial charge in [-0.2, -0.15) is 9.97 Å². The van der Waals surface area contributed by atoms with Crippen molar-refractivity contribution in [2.24, 2.45) is 5.41 Å². The maximum atomic E-state index is 17.2. The number of hydrogen-bond donors (Lipinski definition) is 2. The third-order valence-corrected chi connectivity index (χ3v) is 11.0. The number of terminal acetylenes is 1. The van der Waals surface area contributed by atoms with Crippen LogP contribution >= 0.6 is 0 Å². The van der Waals surface area contributed by atoms with E-state index in [0.29, 0.717) is 30.6 Å². The number of hydrogen-bond acceptors (Lipinski definition) is 11. The first-order chi connectivity index (χ1) is 24.6. The van der Waals surface area contributed by atoms with Crippen molar-refractivity contribution in [3.8, 4) is 41.2 Å². The van der Waals surface area contributed by atoms with Crippen molar-refractivity contribution in [3.05, 3.63) is 41.5 Å². The number of β-amino-alcohol motifs (C(OH)–C–C–N with tert-alkyl or cyclic N) is 1. The molecule has 268 valence electrons. The largest absolute Gasteiger partial charge is 0.508 e. The lowest BCUT2D eigenvalue weighted by molar-refractivity contribution is -0.115. The Hall–Kier alpha value is -4.35. The van der Waals surface area contributed by atoms with Gasteiger partial charge in [0.2, 0.25) is 5.88 Å². The molecule has 3 saturated heterocycles. The Labute approximate surface area is 294 Å². The number of likely N-dealkylation sites (tertiary alicyclic amines) is 1. The van der Waals surface area contributed by atoms with Crippen LogP contribution in [0, 0.1) is 29.4 Å². The highest BCUT2D eigenvalue weighted by molar-refractivity contribution is 6.04. The van der Waals surface area contributed by atoms with Gasteiger partial charge in [0, 0.05) is 29.0 Å². The zero-order valence-corrected chi connectivity index (χ0v) is 28.8. The number of aromatic hydroxyl groups is 1. The Bertz CT molecular complexity index is 2050. The minimum atomic E-state index is -1.24. The number of piperidine rings is 1. The molecule has 3 atom stereocenters. The predicted octanol–water partition coefficient (Wildman–Crippen LogP) is 4.82. The van der Waals surface area contributed by atoms with Crippen molar-refractivity contribution in [3.63, 3.8) is 0 Å². The van der Waals surface area contributed by atoms with Gasteiger partial charge in [0.25, 0.3) is 0 Å². The number of nitrogens with zero attached hydrogens (tertiary/aromatic N) is 5. The summed E-state index contributed by atoms with van der Waals surface area (Å²) in [6.45, 7) is 5.39. The number of aliphatic hydroxyl groups is 1. The minimum Gasteiger partial charge on any atom is -0.508 e. The van der Waals surface area contributed by atoms with Crippen molar-refractivity contribution in [1.82, 2.24) is 19.9 Å². The number of pyridine rings is 1. The summed E-state index contributed by atoms with van der Waals surface area (Å²) in [5, 5.41) is 22.6. The Morgan fingerprint density at radius 3 is 2.67 bits per heavy atom. The number of fused-ring (bicyclic) bond motifs is 3. The molecule has 1 aliphatic carbocycles. The minimum absolute atomic E-state index is 0.0111. The highest BCUT2D eigenvalue weighted by Crippen LogP contribution is 2.49. The summed E-state index contributed by atoms with van der Waals surface area (Å²) >= 11 is 0. The average Bonchev–Trinajstić information content (AvgIpc) is 3.44. The maximum Gasteiger partial charge on any atom is 0.319 e. The number of ether oxygens (including phenoxy) is 4. The first-order valence-electron chi connectivity index (χ1n) is 17.5. The summed E-state index contributed by atoms with van der Waals surface area (Å²) in [6.07, 6.45) is 10.9.